The zero-order chi connectivity index (χ0) is 19.9. The Kier molecular flexibility index (Phi) is 7.95. The van der Waals surface area contributed by atoms with Crippen molar-refractivity contribution in [3.8, 4) is 11.5 Å². The molecule has 1 aliphatic rings. The molecule has 0 amide bonds. The summed E-state index contributed by atoms with van der Waals surface area (Å²) in [6, 6.07) is 16.2. The SMILES string of the molecule is CN=C(NCc1cccc(Cn2cccn2)c1)Nc1ccc2c(c1)OCCCO2.I. The molecule has 0 aliphatic carbocycles. The summed E-state index contributed by atoms with van der Waals surface area (Å²) in [6.07, 6.45) is 4.65. The van der Waals surface area contributed by atoms with Gasteiger partial charge in [-0.15, -0.1) is 24.0 Å². The van der Waals surface area contributed by atoms with E-state index in [2.05, 4.69) is 45.0 Å². The van der Waals surface area contributed by atoms with E-state index in [0.717, 1.165) is 30.2 Å². The second-order valence-corrected chi connectivity index (χ2v) is 6.79. The lowest BCUT2D eigenvalue weighted by Gasteiger charge is -2.14. The summed E-state index contributed by atoms with van der Waals surface area (Å²) >= 11 is 0. The predicted octanol–water partition coefficient (Wildman–Crippen LogP) is 3.90. The summed E-state index contributed by atoms with van der Waals surface area (Å²) in [5.41, 5.74) is 3.28. The minimum Gasteiger partial charge on any atom is -0.490 e. The molecule has 3 aromatic rings. The molecule has 0 bridgehead atoms. The van der Waals surface area contributed by atoms with Crippen LogP contribution in [0, 0.1) is 0 Å². The van der Waals surface area contributed by atoms with E-state index in [1.54, 1.807) is 13.2 Å². The number of fused-ring (bicyclic) bond motifs is 1. The number of benzene rings is 2. The molecular weight excluding hydrogens is 493 g/mol. The Morgan fingerprint density at radius 2 is 1.90 bits per heavy atom. The van der Waals surface area contributed by atoms with Crippen LogP contribution in [0.2, 0.25) is 0 Å². The molecule has 0 spiro atoms. The number of rotatable bonds is 5. The molecule has 0 atom stereocenters. The number of halogens is 1. The van der Waals surface area contributed by atoms with E-state index in [1.165, 1.54) is 11.1 Å². The van der Waals surface area contributed by atoms with Crippen LogP contribution >= 0.6 is 24.0 Å². The van der Waals surface area contributed by atoms with Gasteiger partial charge in [0.15, 0.2) is 17.5 Å². The fourth-order valence-corrected chi connectivity index (χ4v) is 3.16. The van der Waals surface area contributed by atoms with Gasteiger partial charge in [0.1, 0.15) is 0 Å². The van der Waals surface area contributed by atoms with Gasteiger partial charge in [0.25, 0.3) is 0 Å². The topological polar surface area (TPSA) is 72.7 Å². The maximum atomic E-state index is 5.76. The Labute approximate surface area is 193 Å². The summed E-state index contributed by atoms with van der Waals surface area (Å²) in [4.78, 5) is 4.32. The number of hydrogen-bond acceptors (Lipinski definition) is 4. The van der Waals surface area contributed by atoms with Crippen LogP contribution < -0.4 is 20.1 Å². The van der Waals surface area contributed by atoms with Crippen LogP contribution in [0.1, 0.15) is 17.5 Å². The summed E-state index contributed by atoms with van der Waals surface area (Å²) in [6.45, 7) is 2.77. The van der Waals surface area contributed by atoms with Crippen LogP contribution in [0.4, 0.5) is 5.69 Å². The van der Waals surface area contributed by atoms with Crippen molar-refractivity contribution in [2.75, 3.05) is 25.6 Å². The molecule has 8 heteroatoms. The highest BCUT2D eigenvalue weighted by Gasteiger charge is 2.11. The number of guanidine groups is 1. The van der Waals surface area contributed by atoms with Gasteiger partial charge < -0.3 is 20.1 Å². The van der Waals surface area contributed by atoms with Crippen molar-refractivity contribution in [1.82, 2.24) is 15.1 Å². The quantitative estimate of drug-likeness (QED) is 0.304. The fraction of sp³-hybridized carbons (Fsp3) is 0.273. The molecule has 1 aliphatic heterocycles. The van der Waals surface area contributed by atoms with Crippen molar-refractivity contribution in [3.63, 3.8) is 0 Å². The van der Waals surface area contributed by atoms with Crippen LogP contribution in [-0.2, 0) is 13.1 Å². The van der Waals surface area contributed by atoms with Gasteiger partial charge in [0.05, 0.1) is 19.8 Å². The van der Waals surface area contributed by atoms with Crippen LogP contribution in [0.5, 0.6) is 11.5 Å². The maximum Gasteiger partial charge on any atom is 0.195 e. The summed E-state index contributed by atoms with van der Waals surface area (Å²) in [5, 5.41) is 10.9. The van der Waals surface area contributed by atoms with Gasteiger partial charge in [-0.2, -0.15) is 5.10 Å². The first-order valence-corrected chi connectivity index (χ1v) is 9.73. The van der Waals surface area contributed by atoms with Gasteiger partial charge in [0.2, 0.25) is 0 Å². The van der Waals surface area contributed by atoms with Gasteiger partial charge in [-0.25, -0.2) is 0 Å². The van der Waals surface area contributed by atoms with Crippen LogP contribution in [0.25, 0.3) is 0 Å². The third kappa shape index (κ3) is 5.88. The summed E-state index contributed by atoms with van der Waals surface area (Å²) in [5.74, 6) is 2.23. The molecule has 1 aromatic heterocycles. The Hall–Kier alpha value is -2.75. The highest BCUT2D eigenvalue weighted by atomic mass is 127. The van der Waals surface area contributed by atoms with Crippen molar-refractivity contribution in [3.05, 3.63) is 72.1 Å². The Balaban J connectivity index is 0.00000256. The lowest BCUT2D eigenvalue weighted by Crippen LogP contribution is -2.30. The largest absolute Gasteiger partial charge is 0.490 e. The molecule has 0 saturated carbocycles. The fourth-order valence-electron chi connectivity index (χ4n) is 3.16. The Bertz CT molecular complexity index is 975. The van der Waals surface area contributed by atoms with Crippen LogP contribution in [-0.4, -0.2) is 36.0 Å². The number of aromatic nitrogens is 2. The van der Waals surface area contributed by atoms with Crippen molar-refractivity contribution >= 4 is 35.6 Å². The molecule has 2 N–H and O–H groups in total. The summed E-state index contributed by atoms with van der Waals surface area (Å²) < 4.78 is 13.4. The van der Waals surface area contributed by atoms with Gasteiger partial charge in [-0.1, -0.05) is 24.3 Å². The highest BCUT2D eigenvalue weighted by molar-refractivity contribution is 14.0. The minimum atomic E-state index is 0. The first-order valence-electron chi connectivity index (χ1n) is 9.73. The molecule has 0 fully saturated rings. The zero-order valence-electron chi connectivity index (χ0n) is 16.9. The molecule has 30 heavy (non-hydrogen) atoms. The van der Waals surface area contributed by atoms with E-state index in [4.69, 9.17) is 9.47 Å². The first kappa shape index (κ1) is 21.9. The van der Waals surface area contributed by atoms with Gasteiger partial charge in [0, 0.05) is 44.2 Å². The average molecular weight is 519 g/mol. The molecule has 0 radical (unpaired) electrons. The van der Waals surface area contributed by atoms with E-state index in [0.29, 0.717) is 25.7 Å². The third-order valence-corrected chi connectivity index (χ3v) is 4.59. The number of nitrogens with one attached hydrogen (secondary N) is 2. The number of aliphatic imine (C=N–C) groups is 1. The number of nitrogens with zero attached hydrogens (tertiary/aromatic N) is 3. The van der Waals surface area contributed by atoms with Crippen molar-refractivity contribution in [1.29, 1.82) is 0 Å². The first-order chi connectivity index (χ1) is 14.3. The highest BCUT2D eigenvalue weighted by Crippen LogP contribution is 2.32. The van der Waals surface area contributed by atoms with E-state index >= 15 is 0 Å². The molecule has 7 nitrogen and oxygen atoms in total. The van der Waals surface area contributed by atoms with Crippen LogP contribution in [0.15, 0.2) is 65.9 Å². The van der Waals surface area contributed by atoms with E-state index < -0.39 is 0 Å². The maximum absolute atomic E-state index is 5.76. The third-order valence-electron chi connectivity index (χ3n) is 4.59. The molecule has 4 rings (SSSR count). The van der Waals surface area contributed by atoms with Gasteiger partial charge in [-0.3, -0.25) is 9.67 Å². The summed E-state index contributed by atoms with van der Waals surface area (Å²) in [7, 11) is 1.76. The number of anilines is 1. The van der Waals surface area contributed by atoms with Gasteiger partial charge in [-0.05, 0) is 29.3 Å². The average Bonchev–Trinajstić information content (AvgIpc) is 3.14. The molecule has 2 aromatic carbocycles. The standard InChI is InChI=1S/C22H25N5O2.HI/c1-23-22(26-19-7-8-20-21(14-19)29-12-4-11-28-20)24-15-17-5-2-6-18(13-17)16-27-10-3-9-25-27;/h2-3,5-10,13-14H,4,11-12,15-16H2,1H3,(H2,23,24,26);1H. The predicted molar refractivity (Wildman–Crippen MR) is 129 cm³/mol. The lowest BCUT2D eigenvalue weighted by molar-refractivity contribution is 0.297. The zero-order valence-corrected chi connectivity index (χ0v) is 19.2. The number of hydrogen-bond donors (Lipinski definition) is 2. The van der Waals surface area contributed by atoms with E-state index in [9.17, 15) is 0 Å². The second kappa shape index (κ2) is 10.9. The minimum absolute atomic E-state index is 0. The number of ether oxygens (including phenoxy) is 2. The van der Waals surface area contributed by atoms with E-state index in [1.807, 2.05) is 35.1 Å². The molecule has 0 unspecified atom stereocenters. The lowest BCUT2D eigenvalue weighted by atomic mass is 10.1. The van der Waals surface area contributed by atoms with Crippen molar-refractivity contribution < 1.29 is 9.47 Å². The molecule has 2 heterocycles. The molecule has 0 saturated heterocycles. The smallest absolute Gasteiger partial charge is 0.195 e. The molecular formula is C22H26IN5O2. The normalized spacial score (nSPS) is 13.2. The monoisotopic (exact) mass is 519 g/mol. The van der Waals surface area contributed by atoms with Crippen molar-refractivity contribution in [2.45, 2.75) is 19.5 Å². The Morgan fingerprint density at radius 1 is 1.07 bits per heavy atom. The van der Waals surface area contributed by atoms with Gasteiger partial charge >= 0.3 is 0 Å². The molecule has 158 valence electrons. The second-order valence-electron chi connectivity index (χ2n) is 6.79. The van der Waals surface area contributed by atoms with Crippen LogP contribution in [0.3, 0.4) is 0 Å². The van der Waals surface area contributed by atoms with E-state index in [-0.39, 0.29) is 24.0 Å². The Morgan fingerprint density at radius 3 is 2.70 bits per heavy atom. The van der Waals surface area contributed by atoms with Crippen molar-refractivity contribution in [2.24, 2.45) is 4.99 Å².